The van der Waals surface area contributed by atoms with Gasteiger partial charge in [0.05, 0.1) is 6.10 Å². The molecule has 0 aromatic rings. The van der Waals surface area contributed by atoms with Crippen molar-refractivity contribution in [3.8, 4) is 0 Å². The number of carbonyl (C=O) groups is 1. The summed E-state index contributed by atoms with van der Waals surface area (Å²) in [4.78, 5) is 9.86. The van der Waals surface area contributed by atoms with Crippen LogP contribution in [0.15, 0.2) is 0 Å². The van der Waals surface area contributed by atoms with Crippen LogP contribution in [-0.4, -0.2) is 28.3 Å². The first kappa shape index (κ1) is 16.8. The monoisotopic (exact) mass is 229 g/mol. The van der Waals surface area contributed by atoms with Crippen LogP contribution in [0.4, 0.5) is 0 Å². The first-order valence-corrected chi connectivity index (χ1v) is 2.22. The Morgan fingerprint density at radius 3 is 1.90 bits per heavy atom. The zero-order chi connectivity index (χ0) is 6.73. The molecule has 6 heteroatoms. The number of nitrogens with two attached hydrogens (primary N) is 1. The molecule has 0 aromatic carbocycles. The van der Waals surface area contributed by atoms with Crippen LogP contribution in [0.5, 0.6) is 0 Å². The Bertz CT molecular complexity index is 101. The summed E-state index contributed by atoms with van der Waals surface area (Å²) in [7, 11) is 0. The van der Waals surface area contributed by atoms with E-state index in [-0.39, 0.29) is 33.9 Å². The molecule has 0 aliphatic heterocycles. The van der Waals surface area contributed by atoms with Crippen LogP contribution in [-0.2, 0) is 38.6 Å². The van der Waals surface area contributed by atoms with Gasteiger partial charge in [-0.1, -0.05) is 0 Å². The van der Waals surface area contributed by atoms with Gasteiger partial charge in [0.25, 0.3) is 0 Å². The van der Waals surface area contributed by atoms with Gasteiger partial charge in [-0.2, -0.15) is 0 Å². The average molecular weight is 230 g/mol. The molecule has 0 bridgehead atoms. The van der Waals surface area contributed by atoms with Crippen molar-refractivity contribution < 1.29 is 48.9 Å². The van der Waals surface area contributed by atoms with Gasteiger partial charge in [-0.25, -0.2) is 0 Å². The molecule has 0 saturated heterocycles. The van der Waals surface area contributed by atoms with Gasteiger partial charge in [0.2, 0.25) is 0 Å². The molecular weight excluding hydrogens is 221 g/mol. The summed E-state index contributed by atoms with van der Waals surface area (Å²) in [6.45, 7) is 1.33. The fourth-order valence-electron chi connectivity index (χ4n) is 0.206. The fraction of sp³-hybridized carbons (Fsp3) is 0.750. The first-order valence-electron chi connectivity index (χ1n) is 2.22. The molecular formula is C4H9CrNNiO3. The Kier molecular flexibility index (Phi) is 12.6. The van der Waals surface area contributed by atoms with Crippen LogP contribution < -0.4 is 5.73 Å². The number of aliphatic hydroxyl groups is 1. The molecule has 64 valence electrons. The van der Waals surface area contributed by atoms with E-state index < -0.39 is 18.1 Å². The Morgan fingerprint density at radius 1 is 1.60 bits per heavy atom. The second-order valence-corrected chi connectivity index (χ2v) is 1.60. The van der Waals surface area contributed by atoms with Crippen LogP contribution in [0.25, 0.3) is 0 Å². The largest absolute Gasteiger partial charge is 0.480 e. The maximum absolute atomic E-state index is 9.86. The summed E-state index contributed by atoms with van der Waals surface area (Å²) < 4.78 is 0. The van der Waals surface area contributed by atoms with Crippen molar-refractivity contribution in [3.63, 3.8) is 0 Å². The summed E-state index contributed by atoms with van der Waals surface area (Å²) in [5.74, 6) is -1.18. The zero-order valence-electron chi connectivity index (χ0n) is 5.26. The van der Waals surface area contributed by atoms with Crippen molar-refractivity contribution in [2.24, 2.45) is 5.73 Å². The number of carboxylic acids is 1. The van der Waals surface area contributed by atoms with Gasteiger partial charge in [-0.05, 0) is 6.92 Å². The molecule has 4 N–H and O–H groups in total. The van der Waals surface area contributed by atoms with Gasteiger partial charge in [-0.15, -0.1) is 0 Å². The van der Waals surface area contributed by atoms with Crippen LogP contribution in [0.1, 0.15) is 6.92 Å². The summed E-state index contributed by atoms with van der Waals surface area (Å²) in [6, 6.07) is -1.16. The Labute approximate surface area is 79.8 Å². The maximum atomic E-state index is 9.86. The van der Waals surface area contributed by atoms with Crippen molar-refractivity contribution in [3.05, 3.63) is 0 Å². The summed E-state index contributed by atoms with van der Waals surface area (Å²) in [5, 5.41) is 16.6. The predicted octanol–water partition coefficient (Wildman–Crippen LogP) is -1.23. The Hall–Kier alpha value is 0.416. The molecule has 2 atom stereocenters. The van der Waals surface area contributed by atoms with Gasteiger partial charge in [-0.3, -0.25) is 4.79 Å². The topological polar surface area (TPSA) is 83.5 Å². The fourth-order valence-corrected chi connectivity index (χ4v) is 0.206. The number of aliphatic hydroxyl groups excluding tert-OH is 1. The quantitative estimate of drug-likeness (QED) is 0.518. The van der Waals surface area contributed by atoms with Crippen LogP contribution in [0, 0.1) is 0 Å². The number of hydrogen-bond donors (Lipinski definition) is 3. The molecule has 0 aromatic heterocycles. The van der Waals surface area contributed by atoms with Crippen LogP contribution in [0.3, 0.4) is 0 Å². The Morgan fingerprint density at radius 2 is 1.90 bits per heavy atom. The third-order valence-corrected chi connectivity index (χ3v) is 0.805. The van der Waals surface area contributed by atoms with E-state index in [4.69, 9.17) is 15.9 Å². The number of carboxylic acid groups (broad SMARTS) is 1. The predicted molar refractivity (Wildman–Crippen MR) is 27.3 cm³/mol. The second kappa shape index (κ2) is 7.52. The van der Waals surface area contributed by atoms with Crippen molar-refractivity contribution in [2.75, 3.05) is 0 Å². The van der Waals surface area contributed by atoms with Gasteiger partial charge in [0.15, 0.2) is 0 Å². The van der Waals surface area contributed by atoms with Crippen molar-refractivity contribution in [2.45, 2.75) is 19.1 Å². The SMILES string of the molecule is CC(O)C(N)C(=O)O.[Cr].[Ni]. The van der Waals surface area contributed by atoms with Gasteiger partial charge < -0.3 is 15.9 Å². The molecule has 0 saturated carbocycles. The molecule has 2 unspecified atom stereocenters. The average Bonchev–Trinajstić information content (AvgIpc) is 1.64. The molecule has 0 aliphatic rings. The van der Waals surface area contributed by atoms with E-state index in [9.17, 15) is 4.79 Å². The van der Waals surface area contributed by atoms with E-state index in [0.29, 0.717) is 0 Å². The van der Waals surface area contributed by atoms with E-state index in [1.807, 2.05) is 0 Å². The molecule has 0 heterocycles. The molecule has 0 rings (SSSR count). The molecule has 0 radical (unpaired) electrons. The minimum absolute atomic E-state index is 0. The third-order valence-electron chi connectivity index (χ3n) is 0.805. The normalized spacial score (nSPS) is 13.9. The summed E-state index contributed by atoms with van der Waals surface area (Å²) in [6.07, 6.45) is -0.979. The van der Waals surface area contributed by atoms with E-state index in [1.54, 1.807) is 0 Å². The molecule has 10 heavy (non-hydrogen) atoms. The van der Waals surface area contributed by atoms with Gasteiger partial charge >= 0.3 is 5.97 Å². The molecule has 0 spiro atoms. The van der Waals surface area contributed by atoms with Crippen molar-refractivity contribution in [1.82, 2.24) is 0 Å². The molecule has 0 fully saturated rings. The van der Waals surface area contributed by atoms with Crippen LogP contribution >= 0.6 is 0 Å². The molecule has 4 nitrogen and oxygen atoms in total. The van der Waals surface area contributed by atoms with E-state index in [1.165, 1.54) is 6.92 Å². The third kappa shape index (κ3) is 6.53. The van der Waals surface area contributed by atoms with Gasteiger partial charge in [0, 0.05) is 33.9 Å². The summed E-state index contributed by atoms with van der Waals surface area (Å²) in [5.41, 5.74) is 4.91. The molecule has 0 aliphatic carbocycles. The minimum atomic E-state index is -1.18. The van der Waals surface area contributed by atoms with Crippen molar-refractivity contribution >= 4 is 5.97 Å². The van der Waals surface area contributed by atoms with Crippen molar-refractivity contribution in [1.29, 1.82) is 0 Å². The van der Waals surface area contributed by atoms with Gasteiger partial charge in [0.1, 0.15) is 6.04 Å². The summed E-state index contributed by atoms with van der Waals surface area (Å²) >= 11 is 0. The number of aliphatic carboxylic acids is 1. The van der Waals surface area contributed by atoms with Crippen LogP contribution in [0.2, 0.25) is 0 Å². The second-order valence-electron chi connectivity index (χ2n) is 1.60. The number of rotatable bonds is 2. The Balaban J connectivity index is -0.000000245. The minimum Gasteiger partial charge on any atom is -0.480 e. The van der Waals surface area contributed by atoms with E-state index in [0.717, 1.165) is 0 Å². The zero-order valence-corrected chi connectivity index (χ0v) is 7.52. The standard InChI is InChI=1S/C4H9NO3.Cr.Ni/c1-2(6)3(5)4(7)8;;/h2-3,6H,5H2,1H3,(H,7,8);;. The van der Waals surface area contributed by atoms with E-state index >= 15 is 0 Å². The maximum Gasteiger partial charge on any atom is 0.323 e. The van der Waals surface area contributed by atoms with E-state index in [2.05, 4.69) is 0 Å². The first-order chi connectivity index (χ1) is 3.55. The number of hydrogen-bond acceptors (Lipinski definition) is 3. The molecule has 0 amide bonds. The smallest absolute Gasteiger partial charge is 0.323 e.